The molecule has 7 heteroatoms. The molecule has 0 radical (unpaired) electrons. The maximum atomic E-state index is 13.0. The fraction of sp³-hybridized carbons (Fsp3) is 0.286. The molecule has 0 saturated heterocycles. The second-order valence-corrected chi connectivity index (χ2v) is 6.59. The zero-order valence-corrected chi connectivity index (χ0v) is 16.3. The van der Waals surface area contributed by atoms with Crippen LogP contribution in [-0.2, 0) is 21.3 Å². The molecule has 1 aromatic heterocycles. The number of aryl methyl sites for hydroxylation is 3. The minimum Gasteiger partial charge on any atom is -0.463 e. The summed E-state index contributed by atoms with van der Waals surface area (Å²) in [5.74, 6) is -1.02. The molecule has 0 amide bonds. The Hall–Kier alpha value is -3.53. The van der Waals surface area contributed by atoms with Crippen molar-refractivity contribution >= 4 is 11.7 Å². The summed E-state index contributed by atoms with van der Waals surface area (Å²) < 4.78 is 12.7. The first-order chi connectivity index (χ1) is 13.4. The van der Waals surface area contributed by atoms with Crippen molar-refractivity contribution in [1.29, 1.82) is 5.26 Å². The van der Waals surface area contributed by atoms with E-state index in [0.717, 1.165) is 16.8 Å². The fourth-order valence-corrected chi connectivity index (χ4v) is 3.28. The topological polar surface area (TPSA) is 103 Å². The van der Waals surface area contributed by atoms with Gasteiger partial charge in [0.15, 0.2) is 5.76 Å². The van der Waals surface area contributed by atoms with E-state index in [4.69, 9.17) is 15.2 Å². The molecule has 1 aliphatic heterocycles. The minimum absolute atomic E-state index is 0.0324. The number of nitrogens with zero attached hydrogens (tertiary/aromatic N) is 3. The number of esters is 1. The molecule has 0 bridgehead atoms. The molecule has 0 spiro atoms. The SMILES string of the molecule is CCOC(=O)C1=C(c2cc(C)nn2C)OC(N)=C(C#N)[C@@H]1c1ccc(C)cc1. The first-order valence-electron chi connectivity index (χ1n) is 8.93. The number of hydrogen-bond acceptors (Lipinski definition) is 6. The van der Waals surface area contributed by atoms with E-state index >= 15 is 0 Å². The normalized spacial score (nSPS) is 16.6. The molecule has 0 saturated carbocycles. The summed E-state index contributed by atoms with van der Waals surface area (Å²) in [5.41, 5.74) is 9.66. The lowest BCUT2D eigenvalue weighted by Crippen LogP contribution is -2.26. The molecule has 0 unspecified atom stereocenters. The van der Waals surface area contributed by atoms with Crippen LogP contribution in [0.4, 0.5) is 0 Å². The number of benzene rings is 1. The van der Waals surface area contributed by atoms with Gasteiger partial charge in [-0.1, -0.05) is 29.8 Å². The zero-order valence-electron chi connectivity index (χ0n) is 16.3. The van der Waals surface area contributed by atoms with Gasteiger partial charge in [-0.3, -0.25) is 4.68 Å². The van der Waals surface area contributed by atoms with Crippen molar-refractivity contribution in [1.82, 2.24) is 9.78 Å². The van der Waals surface area contributed by atoms with E-state index in [-0.39, 0.29) is 29.4 Å². The molecule has 1 aliphatic rings. The molecule has 1 aromatic carbocycles. The summed E-state index contributed by atoms with van der Waals surface area (Å²) in [7, 11) is 1.75. The van der Waals surface area contributed by atoms with Gasteiger partial charge in [-0.25, -0.2) is 4.79 Å². The van der Waals surface area contributed by atoms with E-state index in [1.807, 2.05) is 38.1 Å². The van der Waals surface area contributed by atoms with Crippen molar-refractivity contribution in [2.45, 2.75) is 26.7 Å². The molecule has 2 heterocycles. The number of allylic oxidation sites excluding steroid dienone is 1. The Kier molecular flexibility index (Phi) is 5.23. The third kappa shape index (κ3) is 3.37. The first kappa shape index (κ1) is 19.2. The van der Waals surface area contributed by atoms with Crippen molar-refractivity contribution in [2.24, 2.45) is 12.8 Å². The highest BCUT2D eigenvalue weighted by atomic mass is 16.5. The average Bonchev–Trinajstić information content (AvgIpc) is 2.99. The highest BCUT2D eigenvalue weighted by Gasteiger charge is 2.39. The molecular formula is C21H22N4O3. The molecule has 3 rings (SSSR count). The summed E-state index contributed by atoms with van der Waals surface area (Å²) >= 11 is 0. The number of nitriles is 1. The first-order valence-corrected chi connectivity index (χ1v) is 8.93. The number of nitrogens with two attached hydrogens (primary N) is 1. The quantitative estimate of drug-likeness (QED) is 0.821. The van der Waals surface area contributed by atoms with E-state index in [2.05, 4.69) is 11.2 Å². The minimum atomic E-state index is -0.691. The van der Waals surface area contributed by atoms with Crippen molar-refractivity contribution in [3.8, 4) is 6.07 Å². The van der Waals surface area contributed by atoms with Gasteiger partial charge in [0, 0.05) is 7.05 Å². The van der Waals surface area contributed by atoms with Gasteiger partial charge >= 0.3 is 5.97 Å². The summed E-state index contributed by atoms with van der Waals surface area (Å²) in [6.45, 7) is 5.73. The average molecular weight is 378 g/mol. The molecule has 144 valence electrons. The van der Waals surface area contributed by atoms with Crippen molar-refractivity contribution in [3.63, 3.8) is 0 Å². The van der Waals surface area contributed by atoms with Gasteiger partial charge in [0.1, 0.15) is 17.3 Å². The van der Waals surface area contributed by atoms with Gasteiger partial charge < -0.3 is 15.2 Å². The molecule has 1 atom stereocenters. The third-order valence-electron chi connectivity index (χ3n) is 4.56. The smallest absolute Gasteiger partial charge is 0.338 e. The number of carbonyl (C=O) groups excluding carboxylic acids is 1. The van der Waals surface area contributed by atoms with Crippen LogP contribution >= 0.6 is 0 Å². The lowest BCUT2D eigenvalue weighted by molar-refractivity contribution is -0.138. The lowest BCUT2D eigenvalue weighted by atomic mass is 9.82. The summed E-state index contributed by atoms with van der Waals surface area (Å²) in [6.07, 6.45) is 0. The second kappa shape index (κ2) is 7.61. The van der Waals surface area contributed by atoms with Crippen LogP contribution < -0.4 is 5.73 Å². The van der Waals surface area contributed by atoms with Crippen LogP contribution in [0.3, 0.4) is 0 Å². The van der Waals surface area contributed by atoms with Gasteiger partial charge in [-0.05, 0) is 32.4 Å². The van der Waals surface area contributed by atoms with E-state index in [0.29, 0.717) is 5.69 Å². The Morgan fingerprint density at radius 2 is 2.04 bits per heavy atom. The fourth-order valence-electron chi connectivity index (χ4n) is 3.28. The Labute approximate surface area is 163 Å². The highest BCUT2D eigenvalue weighted by Crippen LogP contribution is 2.42. The van der Waals surface area contributed by atoms with Crippen LogP contribution in [0.5, 0.6) is 0 Å². The van der Waals surface area contributed by atoms with Gasteiger partial charge in [-0.15, -0.1) is 0 Å². The van der Waals surface area contributed by atoms with E-state index in [1.165, 1.54) is 0 Å². The molecule has 2 N–H and O–H groups in total. The number of ether oxygens (including phenoxy) is 2. The Morgan fingerprint density at radius 3 is 2.57 bits per heavy atom. The molecule has 0 aliphatic carbocycles. The Bertz CT molecular complexity index is 1020. The largest absolute Gasteiger partial charge is 0.463 e. The van der Waals surface area contributed by atoms with Gasteiger partial charge in [0.25, 0.3) is 0 Å². The summed E-state index contributed by atoms with van der Waals surface area (Å²) in [5, 5.41) is 14.1. The highest BCUT2D eigenvalue weighted by molar-refractivity contribution is 5.99. The van der Waals surface area contributed by atoms with E-state index < -0.39 is 11.9 Å². The standard InChI is InChI=1S/C21H22N4O3/c1-5-27-21(26)18-17(14-8-6-12(2)7-9-14)15(11-22)20(23)28-19(18)16-10-13(3)24-25(16)4/h6-10,17H,5,23H2,1-4H3/t17-/m0/s1. The maximum absolute atomic E-state index is 13.0. The van der Waals surface area contributed by atoms with Crippen molar-refractivity contribution < 1.29 is 14.3 Å². The maximum Gasteiger partial charge on any atom is 0.338 e. The van der Waals surface area contributed by atoms with Crippen LogP contribution in [-0.4, -0.2) is 22.4 Å². The summed E-state index contributed by atoms with van der Waals surface area (Å²) in [4.78, 5) is 13.0. The number of aromatic nitrogens is 2. The zero-order chi connectivity index (χ0) is 20.4. The van der Waals surface area contributed by atoms with Crippen LogP contribution in [0.15, 0.2) is 47.4 Å². The van der Waals surface area contributed by atoms with E-state index in [9.17, 15) is 10.1 Å². The van der Waals surface area contributed by atoms with Gasteiger partial charge in [0.05, 0.1) is 23.8 Å². The Balaban J connectivity index is 2.30. The number of carbonyl (C=O) groups is 1. The van der Waals surface area contributed by atoms with Gasteiger partial charge in [0.2, 0.25) is 5.88 Å². The summed E-state index contributed by atoms with van der Waals surface area (Å²) in [6, 6.07) is 11.5. The molecule has 0 fully saturated rings. The van der Waals surface area contributed by atoms with Crippen LogP contribution in [0, 0.1) is 25.2 Å². The molecule has 28 heavy (non-hydrogen) atoms. The van der Waals surface area contributed by atoms with Gasteiger partial charge in [-0.2, -0.15) is 10.4 Å². The third-order valence-corrected chi connectivity index (χ3v) is 4.56. The number of rotatable bonds is 4. The molecular weight excluding hydrogens is 356 g/mol. The lowest BCUT2D eigenvalue weighted by Gasteiger charge is -2.28. The molecule has 7 nitrogen and oxygen atoms in total. The Morgan fingerprint density at radius 1 is 1.36 bits per heavy atom. The number of hydrogen-bond donors (Lipinski definition) is 1. The monoisotopic (exact) mass is 378 g/mol. The van der Waals surface area contributed by atoms with Crippen molar-refractivity contribution in [2.75, 3.05) is 6.61 Å². The van der Waals surface area contributed by atoms with Crippen LogP contribution in [0.25, 0.3) is 5.76 Å². The van der Waals surface area contributed by atoms with Crippen LogP contribution in [0.2, 0.25) is 0 Å². The second-order valence-electron chi connectivity index (χ2n) is 6.59. The predicted molar refractivity (Wildman–Crippen MR) is 103 cm³/mol. The van der Waals surface area contributed by atoms with Crippen molar-refractivity contribution in [3.05, 3.63) is 69.9 Å². The predicted octanol–water partition coefficient (Wildman–Crippen LogP) is 2.82. The molecule has 2 aromatic rings. The van der Waals surface area contributed by atoms with E-state index in [1.54, 1.807) is 24.7 Å². The van der Waals surface area contributed by atoms with Crippen LogP contribution in [0.1, 0.15) is 35.4 Å².